The molecular formula is C12H15N3O2. The maximum Gasteiger partial charge on any atom is 0.159 e. The zero-order valence-electron chi connectivity index (χ0n) is 9.88. The van der Waals surface area contributed by atoms with Crippen LogP contribution in [0.3, 0.4) is 0 Å². The molecule has 2 aromatic rings. The molecule has 5 heteroatoms. The van der Waals surface area contributed by atoms with Gasteiger partial charge in [-0.3, -0.25) is 5.32 Å². The Labute approximate surface area is 100.0 Å². The summed E-state index contributed by atoms with van der Waals surface area (Å²) in [4.78, 5) is 0. The van der Waals surface area contributed by atoms with E-state index >= 15 is 0 Å². The number of rotatable bonds is 5. The van der Waals surface area contributed by atoms with Gasteiger partial charge in [-0.25, -0.2) is 4.68 Å². The molecule has 2 rings (SSSR count). The van der Waals surface area contributed by atoms with Gasteiger partial charge in [-0.2, -0.15) is 5.10 Å². The lowest BCUT2D eigenvalue weighted by atomic mass is 10.3. The van der Waals surface area contributed by atoms with Crippen molar-refractivity contribution in [1.29, 1.82) is 0 Å². The van der Waals surface area contributed by atoms with E-state index in [1.807, 2.05) is 37.5 Å². The number of ether oxygens (including phenoxy) is 2. The number of nitrogens with zero attached hydrogens (tertiary/aromatic N) is 2. The summed E-state index contributed by atoms with van der Waals surface area (Å²) >= 11 is 0. The molecule has 0 spiro atoms. The molecule has 1 aromatic carbocycles. The highest BCUT2D eigenvalue weighted by molar-refractivity contribution is 5.46. The minimum absolute atomic E-state index is 0.456. The van der Waals surface area contributed by atoms with Crippen molar-refractivity contribution < 1.29 is 9.47 Å². The zero-order valence-corrected chi connectivity index (χ0v) is 9.88. The van der Waals surface area contributed by atoms with Crippen LogP contribution in [0.15, 0.2) is 36.7 Å². The molecule has 1 aromatic heterocycles. The Balaban J connectivity index is 2.24. The van der Waals surface area contributed by atoms with Gasteiger partial charge in [0.05, 0.1) is 19.5 Å². The molecule has 90 valence electrons. The van der Waals surface area contributed by atoms with Crippen molar-refractivity contribution in [1.82, 2.24) is 15.1 Å². The Morgan fingerprint density at radius 1 is 1.35 bits per heavy atom. The van der Waals surface area contributed by atoms with Crippen LogP contribution in [-0.2, 0) is 0 Å². The first-order chi connectivity index (χ1) is 8.35. The number of aromatic nitrogens is 2. The highest BCUT2D eigenvalue weighted by Crippen LogP contribution is 2.22. The first-order valence-electron chi connectivity index (χ1n) is 5.30. The van der Waals surface area contributed by atoms with Gasteiger partial charge in [-0.05, 0) is 19.2 Å². The van der Waals surface area contributed by atoms with Gasteiger partial charge >= 0.3 is 0 Å². The molecule has 0 aliphatic carbocycles. The fourth-order valence-electron chi connectivity index (χ4n) is 1.49. The monoisotopic (exact) mass is 233 g/mol. The van der Waals surface area contributed by atoms with E-state index in [0.717, 1.165) is 11.4 Å². The lowest BCUT2D eigenvalue weighted by Crippen LogP contribution is -2.13. The third-order valence-electron chi connectivity index (χ3n) is 2.27. The number of nitrogens with one attached hydrogen (secondary N) is 1. The van der Waals surface area contributed by atoms with Crippen molar-refractivity contribution in [3.63, 3.8) is 0 Å². The number of benzene rings is 1. The topological polar surface area (TPSA) is 48.3 Å². The van der Waals surface area contributed by atoms with Gasteiger partial charge < -0.3 is 9.47 Å². The summed E-state index contributed by atoms with van der Waals surface area (Å²) in [5.74, 6) is 1.49. The summed E-state index contributed by atoms with van der Waals surface area (Å²) in [6, 6.07) is 7.69. The molecule has 0 radical (unpaired) electrons. The molecule has 0 atom stereocenters. The molecule has 0 saturated carbocycles. The van der Waals surface area contributed by atoms with Crippen molar-refractivity contribution in [2.75, 3.05) is 20.9 Å². The van der Waals surface area contributed by atoms with Crippen molar-refractivity contribution in [2.24, 2.45) is 0 Å². The average molecular weight is 233 g/mol. The summed E-state index contributed by atoms with van der Waals surface area (Å²) in [6.07, 6.45) is 3.49. The molecule has 0 unspecified atom stereocenters. The summed E-state index contributed by atoms with van der Waals surface area (Å²) < 4.78 is 12.4. The second-order valence-electron chi connectivity index (χ2n) is 3.43. The van der Waals surface area contributed by atoms with E-state index in [0.29, 0.717) is 12.5 Å². The van der Waals surface area contributed by atoms with Crippen LogP contribution in [0.25, 0.3) is 5.69 Å². The fourth-order valence-corrected chi connectivity index (χ4v) is 1.49. The second-order valence-corrected chi connectivity index (χ2v) is 3.43. The van der Waals surface area contributed by atoms with Crippen LogP contribution >= 0.6 is 0 Å². The van der Waals surface area contributed by atoms with Crippen LogP contribution in [0.1, 0.15) is 0 Å². The first-order valence-corrected chi connectivity index (χ1v) is 5.30. The molecule has 0 aliphatic rings. The number of para-hydroxylation sites is 2. The minimum atomic E-state index is 0.456. The molecule has 0 aliphatic heterocycles. The van der Waals surface area contributed by atoms with E-state index < -0.39 is 0 Å². The maximum atomic E-state index is 5.40. The third-order valence-corrected chi connectivity index (χ3v) is 2.27. The number of methoxy groups -OCH3 is 1. The first kappa shape index (κ1) is 11.5. The number of hydrogen-bond acceptors (Lipinski definition) is 4. The molecule has 0 bridgehead atoms. The van der Waals surface area contributed by atoms with Crippen molar-refractivity contribution >= 4 is 0 Å². The van der Waals surface area contributed by atoms with Crippen LogP contribution in [0, 0.1) is 0 Å². The van der Waals surface area contributed by atoms with Gasteiger partial charge in [0.25, 0.3) is 0 Å². The zero-order chi connectivity index (χ0) is 12.1. The number of hydrogen-bond donors (Lipinski definition) is 1. The Bertz CT molecular complexity index is 482. The van der Waals surface area contributed by atoms with Crippen LogP contribution in [-0.4, -0.2) is 30.7 Å². The van der Waals surface area contributed by atoms with E-state index in [1.54, 1.807) is 18.0 Å². The lowest BCUT2D eigenvalue weighted by molar-refractivity contribution is 0.296. The summed E-state index contributed by atoms with van der Waals surface area (Å²) in [5, 5.41) is 7.14. The molecule has 17 heavy (non-hydrogen) atoms. The highest BCUT2D eigenvalue weighted by atomic mass is 16.5. The normalized spacial score (nSPS) is 10.2. The molecular weight excluding hydrogens is 218 g/mol. The molecule has 1 N–H and O–H groups in total. The van der Waals surface area contributed by atoms with E-state index in [4.69, 9.17) is 9.47 Å². The largest absolute Gasteiger partial charge is 0.494 e. The van der Waals surface area contributed by atoms with Crippen LogP contribution in [0.4, 0.5) is 0 Å². The van der Waals surface area contributed by atoms with Crippen molar-refractivity contribution in [3.8, 4) is 17.2 Å². The SMILES string of the molecule is CNCOc1cnn(-c2ccccc2OC)c1. The fraction of sp³-hybridized carbons (Fsp3) is 0.250. The van der Waals surface area contributed by atoms with Gasteiger partial charge in [0, 0.05) is 0 Å². The van der Waals surface area contributed by atoms with Gasteiger partial charge in [0.2, 0.25) is 0 Å². The third kappa shape index (κ3) is 2.57. The summed E-state index contributed by atoms with van der Waals surface area (Å²) in [6.45, 7) is 0.456. The quantitative estimate of drug-likeness (QED) is 0.794. The van der Waals surface area contributed by atoms with Gasteiger partial charge in [-0.1, -0.05) is 12.1 Å². The predicted molar refractivity (Wildman–Crippen MR) is 64.7 cm³/mol. The van der Waals surface area contributed by atoms with Gasteiger partial charge in [0.15, 0.2) is 5.75 Å². The maximum absolute atomic E-state index is 5.40. The second kappa shape index (κ2) is 5.36. The van der Waals surface area contributed by atoms with Crippen molar-refractivity contribution in [3.05, 3.63) is 36.7 Å². The Hall–Kier alpha value is -2.01. The molecule has 5 nitrogen and oxygen atoms in total. The average Bonchev–Trinajstić information content (AvgIpc) is 2.85. The van der Waals surface area contributed by atoms with E-state index in [2.05, 4.69) is 10.4 Å². The van der Waals surface area contributed by atoms with Gasteiger partial charge in [0.1, 0.15) is 18.2 Å². The van der Waals surface area contributed by atoms with E-state index in [1.165, 1.54) is 0 Å². The van der Waals surface area contributed by atoms with Crippen LogP contribution in [0.5, 0.6) is 11.5 Å². The molecule has 0 fully saturated rings. The lowest BCUT2D eigenvalue weighted by Gasteiger charge is -2.07. The minimum Gasteiger partial charge on any atom is -0.494 e. The Morgan fingerprint density at radius 3 is 2.94 bits per heavy atom. The molecule has 0 amide bonds. The van der Waals surface area contributed by atoms with Crippen molar-refractivity contribution in [2.45, 2.75) is 0 Å². The van der Waals surface area contributed by atoms with Crippen LogP contribution in [0.2, 0.25) is 0 Å². The Kier molecular flexibility index (Phi) is 3.62. The standard InChI is InChI=1S/C12H15N3O2/c1-13-9-17-10-7-14-15(8-10)11-5-3-4-6-12(11)16-2/h3-8,13H,9H2,1-2H3. The summed E-state index contributed by atoms with van der Waals surface area (Å²) in [7, 11) is 3.46. The highest BCUT2D eigenvalue weighted by Gasteiger charge is 2.06. The molecule has 1 heterocycles. The Morgan fingerprint density at radius 2 is 2.18 bits per heavy atom. The summed E-state index contributed by atoms with van der Waals surface area (Å²) in [5.41, 5.74) is 0.884. The smallest absolute Gasteiger partial charge is 0.159 e. The molecule has 0 saturated heterocycles. The van der Waals surface area contributed by atoms with E-state index in [9.17, 15) is 0 Å². The predicted octanol–water partition coefficient (Wildman–Crippen LogP) is 1.44. The van der Waals surface area contributed by atoms with Crippen LogP contribution < -0.4 is 14.8 Å². The van der Waals surface area contributed by atoms with E-state index in [-0.39, 0.29) is 0 Å². The van der Waals surface area contributed by atoms with Gasteiger partial charge in [-0.15, -0.1) is 0 Å².